The average molecular weight is 608 g/mol. The van der Waals surface area contributed by atoms with Crippen LogP contribution in [0.15, 0.2) is 59.5 Å². The number of benzene rings is 2. The van der Waals surface area contributed by atoms with E-state index in [-0.39, 0.29) is 24.1 Å². The highest BCUT2D eigenvalue weighted by Gasteiger charge is 2.33. The molecule has 2 aromatic carbocycles. The SMILES string of the molecule is CC(=N)NCC[C@@H]1CCC[C@@H](c2ccc(-n3cc4cc(-c5ccc(C(F)(F)F)c(CCC[C@H](C)N)c5)[nH]c4nc3=O)cc2)N1. The van der Waals surface area contributed by atoms with Crippen molar-refractivity contribution in [2.24, 2.45) is 5.73 Å². The van der Waals surface area contributed by atoms with Crippen molar-refractivity contribution in [1.29, 1.82) is 5.41 Å². The molecule has 5 rings (SSSR count). The van der Waals surface area contributed by atoms with Gasteiger partial charge < -0.3 is 21.4 Å². The molecule has 2 aromatic heterocycles. The van der Waals surface area contributed by atoms with Crippen molar-refractivity contribution in [3.05, 3.63) is 81.9 Å². The lowest BCUT2D eigenvalue weighted by Gasteiger charge is -2.31. The summed E-state index contributed by atoms with van der Waals surface area (Å²) in [5, 5.41) is 15.0. The maximum Gasteiger partial charge on any atom is 0.416 e. The number of hydrogen-bond acceptors (Lipinski definition) is 5. The lowest BCUT2D eigenvalue weighted by Crippen LogP contribution is -2.39. The Morgan fingerprint density at radius 3 is 2.66 bits per heavy atom. The fourth-order valence-electron chi connectivity index (χ4n) is 6.01. The van der Waals surface area contributed by atoms with Crippen LogP contribution >= 0.6 is 0 Å². The number of halogens is 3. The fourth-order valence-corrected chi connectivity index (χ4v) is 6.01. The second-order valence-corrected chi connectivity index (χ2v) is 11.9. The second kappa shape index (κ2) is 13.4. The van der Waals surface area contributed by atoms with Crippen molar-refractivity contribution in [3.8, 4) is 16.9 Å². The maximum atomic E-state index is 13.7. The van der Waals surface area contributed by atoms with Gasteiger partial charge in [0, 0.05) is 41.9 Å². The third kappa shape index (κ3) is 7.57. The van der Waals surface area contributed by atoms with Crippen LogP contribution in [0.2, 0.25) is 0 Å². The Morgan fingerprint density at radius 2 is 1.95 bits per heavy atom. The molecule has 0 bridgehead atoms. The van der Waals surface area contributed by atoms with Gasteiger partial charge in [-0.1, -0.05) is 24.6 Å². The van der Waals surface area contributed by atoms with Gasteiger partial charge in [0.1, 0.15) is 5.65 Å². The van der Waals surface area contributed by atoms with Crippen LogP contribution in [0.3, 0.4) is 0 Å². The molecule has 0 radical (unpaired) electrons. The van der Waals surface area contributed by atoms with E-state index in [2.05, 4.69) is 20.6 Å². The van der Waals surface area contributed by atoms with Gasteiger partial charge in [0.15, 0.2) is 0 Å². The molecule has 3 heterocycles. The van der Waals surface area contributed by atoms with E-state index in [0.29, 0.717) is 52.7 Å². The van der Waals surface area contributed by atoms with Crippen LogP contribution in [-0.2, 0) is 12.6 Å². The number of hydrogen-bond donors (Lipinski definition) is 5. The Bertz CT molecular complexity index is 1660. The smallest absolute Gasteiger partial charge is 0.374 e. The van der Waals surface area contributed by atoms with Crippen molar-refractivity contribution in [2.75, 3.05) is 6.54 Å². The van der Waals surface area contributed by atoms with Crippen LogP contribution in [0.1, 0.15) is 75.1 Å². The summed E-state index contributed by atoms with van der Waals surface area (Å²) in [6, 6.07) is 14.3. The van der Waals surface area contributed by atoms with Crippen molar-refractivity contribution in [2.45, 2.75) is 83.1 Å². The molecule has 44 heavy (non-hydrogen) atoms. The summed E-state index contributed by atoms with van der Waals surface area (Å²) in [6.07, 6.45) is 2.92. The predicted octanol–water partition coefficient (Wildman–Crippen LogP) is 6.23. The number of rotatable bonds is 10. The molecule has 3 atom stereocenters. The third-order valence-corrected chi connectivity index (χ3v) is 8.27. The topological polar surface area (TPSA) is 125 Å². The summed E-state index contributed by atoms with van der Waals surface area (Å²) >= 11 is 0. The first-order chi connectivity index (χ1) is 21.0. The van der Waals surface area contributed by atoms with Gasteiger partial charge in [-0.2, -0.15) is 18.2 Å². The van der Waals surface area contributed by atoms with Crippen molar-refractivity contribution < 1.29 is 13.2 Å². The molecular formula is C33H40F3N7O. The number of alkyl halides is 3. The standard InChI is InChI=1S/C33H40F3N7O/c1-20(37)5-3-6-23-17-24(11-14-28(23)33(34,35)36)30-18-25-19-43(32(44)42-31(25)41-30)27-12-9-22(10-13-27)29-8-4-7-26(40-29)15-16-39-21(2)38/h9-14,17-20,26,29,40H,3-8,15-16,37H2,1-2H3,(H2,38,39)(H,41,42,44)/t20-,26-,29-/m0/s1. The van der Waals surface area contributed by atoms with Gasteiger partial charge in [-0.15, -0.1) is 0 Å². The first kappa shape index (κ1) is 31.5. The van der Waals surface area contributed by atoms with Crippen LogP contribution in [0.4, 0.5) is 13.2 Å². The summed E-state index contributed by atoms with van der Waals surface area (Å²) in [6.45, 7) is 4.36. The number of aryl methyl sites for hydroxylation is 1. The first-order valence-corrected chi connectivity index (χ1v) is 15.2. The number of nitrogens with one attached hydrogen (secondary N) is 4. The Kier molecular flexibility index (Phi) is 9.55. The van der Waals surface area contributed by atoms with Crippen molar-refractivity contribution in [3.63, 3.8) is 0 Å². The number of piperidine rings is 1. The molecule has 0 spiro atoms. The van der Waals surface area contributed by atoms with Crippen molar-refractivity contribution in [1.82, 2.24) is 25.2 Å². The zero-order chi connectivity index (χ0) is 31.4. The lowest BCUT2D eigenvalue weighted by molar-refractivity contribution is -0.138. The molecular weight excluding hydrogens is 567 g/mol. The van der Waals surface area contributed by atoms with E-state index in [1.807, 2.05) is 37.3 Å². The Labute approximate surface area is 254 Å². The molecule has 4 aromatic rings. The van der Waals surface area contributed by atoms with Gasteiger partial charge in [-0.05, 0) is 99.4 Å². The molecule has 234 valence electrons. The number of aromatic amines is 1. The zero-order valence-electron chi connectivity index (χ0n) is 25.1. The minimum absolute atomic E-state index is 0.0800. The van der Waals surface area contributed by atoms with Crippen LogP contribution in [-0.4, -0.2) is 39.0 Å². The molecule has 8 nitrogen and oxygen atoms in total. The summed E-state index contributed by atoms with van der Waals surface area (Å²) in [4.78, 5) is 20.4. The summed E-state index contributed by atoms with van der Waals surface area (Å²) in [5.41, 5.74) is 8.33. The van der Waals surface area contributed by atoms with Crippen LogP contribution < -0.4 is 22.1 Å². The van der Waals surface area contributed by atoms with E-state index in [1.165, 1.54) is 10.6 Å². The molecule has 1 aliphatic heterocycles. The maximum absolute atomic E-state index is 13.7. The van der Waals surface area contributed by atoms with Crippen LogP contribution in [0.5, 0.6) is 0 Å². The van der Waals surface area contributed by atoms with Gasteiger partial charge in [-0.3, -0.25) is 9.98 Å². The molecule has 0 aliphatic carbocycles. The van der Waals surface area contributed by atoms with Gasteiger partial charge in [0.2, 0.25) is 0 Å². The fraction of sp³-hybridized carbons (Fsp3) is 0.424. The number of amidine groups is 1. The minimum Gasteiger partial charge on any atom is -0.374 e. The van der Waals surface area contributed by atoms with E-state index in [1.54, 1.807) is 19.2 Å². The molecule has 0 unspecified atom stereocenters. The zero-order valence-corrected chi connectivity index (χ0v) is 25.1. The van der Waals surface area contributed by atoms with E-state index >= 15 is 0 Å². The third-order valence-electron chi connectivity index (χ3n) is 8.27. The van der Waals surface area contributed by atoms with E-state index in [4.69, 9.17) is 11.1 Å². The summed E-state index contributed by atoms with van der Waals surface area (Å²) < 4.78 is 42.6. The number of nitrogens with zero attached hydrogens (tertiary/aromatic N) is 2. The van der Waals surface area contributed by atoms with E-state index in [9.17, 15) is 18.0 Å². The highest BCUT2D eigenvalue weighted by atomic mass is 19.4. The van der Waals surface area contributed by atoms with Gasteiger partial charge in [-0.25, -0.2) is 4.79 Å². The highest BCUT2D eigenvalue weighted by molar-refractivity contribution is 5.82. The first-order valence-electron chi connectivity index (χ1n) is 15.2. The van der Waals surface area contributed by atoms with Crippen molar-refractivity contribution >= 4 is 16.9 Å². The Morgan fingerprint density at radius 1 is 1.18 bits per heavy atom. The predicted molar refractivity (Wildman–Crippen MR) is 168 cm³/mol. The number of aromatic nitrogens is 3. The minimum atomic E-state index is -4.45. The highest BCUT2D eigenvalue weighted by Crippen LogP contribution is 2.35. The number of nitrogens with two attached hydrogens (primary N) is 1. The second-order valence-electron chi connectivity index (χ2n) is 11.9. The van der Waals surface area contributed by atoms with Gasteiger partial charge in [0.25, 0.3) is 0 Å². The van der Waals surface area contributed by atoms with E-state index < -0.39 is 17.4 Å². The molecule has 11 heteroatoms. The summed E-state index contributed by atoms with van der Waals surface area (Å²) in [5.74, 6) is 0.476. The quantitative estimate of drug-likeness (QED) is 0.108. The molecule has 1 saturated heterocycles. The number of H-pyrrole nitrogens is 1. The largest absolute Gasteiger partial charge is 0.416 e. The van der Waals surface area contributed by atoms with Gasteiger partial charge in [0.05, 0.1) is 17.1 Å². The molecule has 0 amide bonds. The van der Waals surface area contributed by atoms with E-state index in [0.717, 1.165) is 43.9 Å². The monoisotopic (exact) mass is 607 g/mol. The molecule has 1 fully saturated rings. The molecule has 0 saturated carbocycles. The van der Waals surface area contributed by atoms with Gasteiger partial charge >= 0.3 is 11.9 Å². The lowest BCUT2D eigenvalue weighted by atomic mass is 9.92. The van der Waals surface area contributed by atoms with Crippen LogP contribution in [0, 0.1) is 5.41 Å². The molecule has 6 N–H and O–H groups in total. The van der Waals surface area contributed by atoms with Crippen LogP contribution in [0.25, 0.3) is 28.0 Å². The average Bonchev–Trinajstić information content (AvgIpc) is 3.39. The summed E-state index contributed by atoms with van der Waals surface area (Å²) in [7, 11) is 0. The molecule has 1 aliphatic rings. The Hall–Kier alpha value is -3.96. The normalized spacial score (nSPS) is 18.0. The Balaban J connectivity index is 1.35. The number of fused-ring (bicyclic) bond motifs is 1.